The lowest BCUT2D eigenvalue weighted by Crippen LogP contribution is -2.43. The molecule has 0 radical (unpaired) electrons. The summed E-state index contributed by atoms with van der Waals surface area (Å²) in [6.45, 7) is 7.00. The predicted octanol–water partition coefficient (Wildman–Crippen LogP) is 0.781. The van der Waals surface area contributed by atoms with Gasteiger partial charge in [0.15, 0.2) is 5.96 Å². The summed E-state index contributed by atoms with van der Waals surface area (Å²) in [5.74, 6) is 0.552. The highest BCUT2D eigenvalue weighted by Gasteiger charge is 2.05. The van der Waals surface area contributed by atoms with Gasteiger partial charge in [0.2, 0.25) is 5.91 Å². The molecule has 1 rings (SSSR count). The van der Waals surface area contributed by atoms with Crippen molar-refractivity contribution >= 4 is 11.9 Å². The number of aromatic nitrogens is 1. The molecule has 21 heavy (non-hydrogen) atoms. The maximum Gasteiger partial charge on any atom is 0.241 e. The van der Waals surface area contributed by atoms with E-state index in [0.717, 1.165) is 11.3 Å². The second-order valence-corrected chi connectivity index (χ2v) is 4.94. The van der Waals surface area contributed by atoms with Crippen LogP contribution in [0, 0.1) is 0 Å². The molecule has 6 nitrogen and oxygen atoms in total. The molecule has 0 aliphatic heterocycles. The highest BCUT2D eigenvalue weighted by molar-refractivity contribution is 5.86. The van der Waals surface area contributed by atoms with E-state index in [1.54, 1.807) is 20.3 Å². The molecule has 0 aromatic carbocycles. The number of hydrogen-bond acceptors (Lipinski definition) is 3. The predicted molar refractivity (Wildman–Crippen MR) is 84.9 cm³/mol. The zero-order valence-electron chi connectivity index (χ0n) is 12.9. The van der Waals surface area contributed by atoms with Crippen LogP contribution in [0.25, 0.3) is 0 Å². The van der Waals surface area contributed by atoms with Gasteiger partial charge in [0.25, 0.3) is 0 Å². The molecule has 0 bridgehead atoms. The Hall–Kier alpha value is -2.37. The van der Waals surface area contributed by atoms with Crippen molar-refractivity contribution in [2.45, 2.75) is 13.5 Å². The lowest BCUT2D eigenvalue weighted by Gasteiger charge is -2.15. The van der Waals surface area contributed by atoms with Crippen molar-refractivity contribution in [1.29, 1.82) is 0 Å². The van der Waals surface area contributed by atoms with Gasteiger partial charge in [-0.05, 0) is 19.1 Å². The first kappa shape index (κ1) is 16.7. The Morgan fingerprint density at radius 3 is 2.62 bits per heavy atom. The Labute approximate surface area is 126 Å². The van der Waals surface area contributed by atoms with Gasteiger partial charge >= 0.3 is 0 Å². The quantitative estimate of drug-likeness (QED) is 0.461. The van der Waals surface area contributed by atoms with Gasteiger partial charge in [-0.25, -0.2) is 4.99 Å². The maximum atomic E-state index is 11.6. The average Bonchev–Trinajstić information content (AvgIpc) is 2.46. The molecule has 1 heterocycles. The van der Waals surface area contributed by atoms with E-state index in [1.165, 1.54) is 4.90 Å². The van der Waals surface area contributed by atoms with E-state index in [0.29, 0.717) is 19.0 Å². The summed E-state index contributed by atoms with van der Waals surface area (Å²) >= 11 is 0. The molecular weight excluding hydrogens is 266 g/mol. The van der Waals surface area contributed by atoms with Crippen LogP contribution in [0.5, 0.6) is 0 Å². The van der Waals surface area contributed by atoms with E-state index in [4.69, 9.17) is 0 Å². The zero-order chi connectivity index (χ0) is 15.7. The van der Waals surface area contributed by atoms with Gasteiger partial charge in [0.05, 0.1) is 18.8 Å². The lowest BCUT2D eigenvalue weighted by atomic mass is 10.3. The number of amides is 1. The van der Waals surface area contributed by atoms with E-state index >= 15 is 0 Å². The van der Waals surface area contributed by atoms with Crippen LogP contribution in [0.15, 0.2) is 41.5 Å². The minimum absolute atomic E-state index is 0.0161. The van der Waals surface area contributed by atoms with E-state index in [2.05, 4.69) is 27.2 Å². The number of nitrogens with one attached hydrogen (secondary N) is 2. The highest BCUT2D eigenvalue weighted by atomic mass is 16.2. The molecule has 0 atom stereocenters. The van der Waals surface area contributed by atoms with Crippen molar-refractivity contribution in [1.82, 2.24) is 20.5 Å². The molecule has 0 aliphatic carbocycles. The number of carbonyl (C=O) groups is 1. The van der Waals surface area contributed by atoms with Gasteiger partial charge in [-0.3, -0.25) is 9.78 Å². The average molecular weight is 289 g/mol. The van der Waals surface area contributed by atoms with E-state index in [9.17, 15) is 4.79 Å². The third kappa shape index (κ3) is 7.10. The molecule has 0 fully saturated rings. The highest BCUT2D eigenvalue weighted by Crippen LogP contribution is 1.95. The van der Waals surface area contributed by atoms with Crippen LogP contribution in [-0.2, 0) is 11.3 Å². The number of rotatable bonds is 6. The number of nitrogens with zero attached hydrogens (tertiary/aromatic N) is 3. The fraction of sp³-hybridized carbons (Fsp3) is 0.400. The van der Waals surface area contributed by atoms with Crippen LogP contribution in [0.3, 0.4) is 0 Å². The standard InChI is InChI=1S/C15H23N5O/c1-12(2)9-17-15(19-11-14(21)20(3)4)18-10-13-7-5-6-8-16-13/h5-8H,1,9-11H2,2-4H3,(H2,17,18,19). The fourth-order valence-corrected chi connectivity index (χ4v) is 1.38. The van der Waals surface area contributed by atoms with E-state index < -0.39 is 0 Å². The summed E-state index contributed by atoms with van der Waals surface area (Å²) < 4.78 is 0. The molecular formula is C15H23N5O. The monoisotopic (exact) mass is 289 g/mol. The molecule has 114 valence electrons. The molecule has 0 saturated carbocycles. The van der Waals surface area contributed by atoms with Crippen LogP contribution in [0.2, 0.25) is 0 Å². The molecule has 1 amide bonds. The van der Waals surface area contributed by atoms with Crippen LogP contribution >= 0.6 is 0 Å². The topological polar surface area (TPSA) is 69.6 Å². The van der Waals surface area contributed by atoms with Crippen molar-refractivity contribution in [3.8, 4) is 0 Å². The molecule has 0 aliphatic rings. The summed E-state index contributed by atoms with van der Waals surface area (Å²) in [5.41, 5.74) is 1.86. The van der Waals surface area contributed by atoms with Crippen molar-refractivity contribution in [2.24, 2.45) is 4.99 Å². The first-order valence-electron chi connectivity index (χ1n) is 6.75. The zero-order valence-corrected chi connectivity index (χ0v) is 12.9. The molecule has 6 heteroatoms. The van der Waals surface area contributed by atoms with E-state index in [1.807, 2.05) is 25.1 Å². The third-order valence-corrected chi connectivity index (χ3v) is 2.59. The molecule has 1 aromatic heterocycles. The summed E-state index contributed by atoms with van der Waals surface area (Å²) in [6, 6.07) is 5.69. The molecule has 2 N–H and O–H groups in total. The van der Waals surface area contributed by atoms with Crippen LogP contribution < -0.4 is 10.6 Å². The molecule has 0 spiro atoms. The Kier molecular flexibility index (Phi) is 6.94. The Morgan fingerprint density at radius 2 is 2.05 bits per heavy atom. The maximum absolute atomic E-state index is 11.6. The Morgan fingerprint density at radius 1 is 1.33 bits per heavy atom. The molecule has 0 unspecified atom stereocenters. The first-order chi connectivity index (χ1) is 9.99. The molecule has 0 saturated heterocycles. The summed E-state index contributed by atoms with van der Waals surface area (Å²) in [7, 11) is 3.44. The van der Waals surface area contributed by atoms with Crippen molar-refractivity contribution in [3.05, 3.63) is 42.2 Å². The van der Waals surface area contributed by atoms with Crippen molar-refractivity contribution in [3.63, 3.8) is 0 Å². The van der Waals surface area contributed by atoms with Gasteiger partial charge in [-0.1, -0.05) is 18.2 Å². The van der Waals surface area contributed by atoms with Crippen molar-refractivity contribution < 1.29 is 4.79 Å². The summed E-state index contributed by atoms with van der Waals surface area (Å²) in [4.78, 5) is 21.8. The summed E-state index contributed by atoms with van der Waals surface area (Å²) in [5, 5.41) is 6.13. The molecule has 1 aromatic rings. The van der Waals surface area contributed by atoms with Crippen LogP contribution in [0.4, 0.5) is 0 Å². The number of guanidine groups is 1. The Bertz CT molecular complexity index is 496. The van der Waals surface area contributed by atoms with Gasteiger partial charge < -0.3 is 15.5 Å². The fourth-order valence-electron chi connectivity index (χ4n) is 1.38. The second kappa shape index (κ2) is 8.73. The van der Waals surface area contributed by atoms with Crippen LogP contribution in [0.1, 0.15) is 12.6 Å². The summed E-state index contributed by atoms with van der Waals surface area (Å²) in [6.07, 6.45) is 1.73. The number of aliphatic imine (C=N–C) groups is 1. The number of pyridine rings is 1. The number of carbonyl (C=O) groups excluding carboxylic acids is 1. The van der Waals surface area contributed by atoms with Crippen LogP contribution in [-0.4, -0.2) is 48.9 Å². The SMILES string of the molecule is C=C(C)CNC(=NCc1ccccn1)NCC(=O)N(C)C. The first-order valence-corrected chi connectivity index (χ1v) is 6.75. The minimum atomic E-state index is -0.0161. The van der Waals surface area contributed by atoms with Crippen molar-refractivity contribution in [2.75, 3.05) is 27.2 Å². The smallest absolute Gasteiger partial charge is 0.241 e. The lowest BCUT2D eigenvalue weighted by molar-refractivity contribution is -0.127. The third-order valence-electron chi connectivity index (χ3n) is 2.59. The number of hydrogen-bond donors (Lipinski definition) is 2. The Balaban J connectivity index is 2.62. The van der Waals surface area contributed by atoms with E-state index in [-0.39, 0.29) is 12.5 Å². The van der Waals surface area contributed by atoms with Gasteiger partial charge in [0, 0.05) is 26.8 Å². The van der Waals surface area contributed by atoms with Gasteiger partial charge in [0.1, 0.15) is 0 Å². The number of likely N-dealkylation sites (N-methyl/N-ethyl adjacent to an activating group) is 1. The minimum Gasteiger partial charge on any atom is -0.353 e. The normalized spacial score (nSPS) is 10.9. The van der Waals surface area contributed by atoms with Gasteiger partial charge in [-0.2, -0.15) is 0 Å². The van der Waals surface area contributed by atoms with Gasteiger partial charge in [-0.15, -0.1) is 0 Å². The second-order valence-electron chi connectivity index (χ2n) is 4.94. The largest absolute Gasteiger partial charge is 0.353 e.